The first-order chi connectivity index (χ1) is 18.3. The minimum Gasteiger partial charge on any atom is -0.497 e. The number of ether oxygens (including phenoxy) is 3. The molecular weight excluding hydrogens is 482 g/mol. The molecule has 1 fully saturated rings. The second-order valence-electron chi connectivity index (χ2n) is 11.1. The molecule has 2 heterocycles. The zero-order chi connectivity index (χ0) is 26.9. The Labute approximate surface area is 224 Å². The van der Waals surface area contributed by atoms with E-state index in [0.717, 1.165) is 48.5 Å². The van der Waals surface area contributed by atoms with Crippen molar-refractivity contribution in [1.82, 2.24) is 5.32 Å². The number of benzene rings is 2. The molecule has 2 atom stereocenters. The van der Waals surface area contributed by atoms with E-state index in [1.54, 1.807) is 14.2 Å². The molecule has 2 aromatic rings. The Kier molecular flexibility index (Phi) is 7.34. The lowest BCUT2D eigenvalue weighted by Gasteiger charge is -2.38. The van der Waals surface area contributed by atoms with Crippen LogP contribution in [0.3, 0.4) is 0 Å². The number of anilines is 2. The van der Waals surface area contributed by atoms with E-state index in [0.29, 0.717) is 30.0 Å². The quantitative estimate of drug-likeness (QED) is 0.552. The number of allylic oxidation sites excluding steroid dienone is 1. The molecule has 1 amide bonds. The Morgan fingerprint density at radius 1 is 1.16 bits per heavy atom. The van der Waals surface area contributed by atoms with Gasteiger partial charge in [-0.2, -0.15) is 0 Å². The van der Waals surface area contributed by atoms with Gasteiger partial charge in [0.25, 0.3) is 0 Å². The van der Waals surface area contributed by atoms with E-state index >= 15 is 0 Å². The standard InChI is InChI=1S/C30H37N3O5/c1-30(2)15-23-28(25(34)16-30)29(21-12-11-19(36-3)14-26(21)37-4)33(24-10-6-5-9-22(24)32-23)18-27(35)31-17-20-8-7-13-38-20/h5-6,9-12,14,20,29,32H,7-8,13,15-18H2,1-4H3,(H,31,35). The molecule has 1 aliphatic carbocycles. The van der Waals surface area contributed by atoms with Crippen molar-refractivity contribution in [3.05, 3.63) is 59.3 Å². The van der Waals surface area contributed by atoms with E-state index in [1.807, 2.05) is 47.4 Å². The van der Waals surface area contributed by atoms with Crippen molar-refractivity contribution < 1.29 is 23.8 Å². The molecule has 8 heteroatoms. The number of methoxy groups -OCH3 is 2. The lowest BCUT2D eigenvalue weighted by molar-refractivity contribution is -0.121. The van der Waals surface area contributed by atoms with Crippen molar-refractivity contribution in [2.75, 3.05) is 44.1 Å². The summed E-state index contributed by atoms with van der Waals surface area (Å²) in [4.78, 5) is 29.3. The number of amides is 1. The summed E-state index contributed by atoms with van der Waals surface area (Å²) in [5.41, 5.74) is 3.91. The van der Waals surface area contributed by atoms with Crippen LogP contribution in [0.25, 0.3) is 0 Å². The topological polar surface area (TPSA) is 89.1 Å². The number of rotatable bonds is 7. The number of carbonyl (C=O) groups excluding carboxylic acids is 2. The van der Waals surface area contributed by atoms with Gasteiger partial charge in [-0.25, -0.2) is 0 Å². The third kappa shape index (κ3) is 5.23. The van der Waals surface area contributed by atoms with Gasteiger partial charge >= 0.3 is 0 Å². The van der Waals surface area contributed by atoms with Crippen molar-refractivity contribution in [1.29, 1.82) is 0 Å². The molecule has 38 heavy (non-hydrogen) atoms. The van der Waals surface area contributed by atoms with Crippen molar-refractivity contribution in [3.63, 3.8) is 0 Å². The zero-order valence-corrected chi connectivity index (χ0v) is 22.6. The van der Waals surface area contributed by atoms with Crippen molar-refractivity contribution in [2.45, 2.75) is 51.7 Å². The first-order valence-electron chi connectivity index (χ1n) is 13.3. The number of Topliss-reactive ketones (excluding diaryl/α,β-unsaturated/α-hetero) is 1. The van der Waals surface area contributed by atoms with Gasteiger partial charge in [0, 0.05) is 42.5 Å². The van der Waals surface area contributed by atoms with Gasteiger partial charge in [-0.05, 0) is 48.9 Å². The van der Waals surface area contributed by atoms with Crippen LogP contribution >= 0.6 is 0 Å². The van der Waals surface area contributed by atoms with Crippen molar-refractivity contribution in [2.24, 2.45) is 5.41 Å². The number of para-hydroxylation sites is 2. The Hall–Kier alpha value is -3.52. The third-order valence-corrected chi connectivity index (χ3v) is 7.60. The van der Waals surface area contributed by atoms with Crippen molar-refractivity contribution in [3.8, 4) is 11.5 Å². The molecule has 3 aliphatic rings. The van der Waals surface area contributed by atoms with Gasteiger partial charge in [0.15, 0.2) is 5.78 Å². The minimum absolute atomic E-state index is 0.0472. The largest absolute Gasteiger partial charge is 0.497 e. The average Bonchev–Trinajstić information content (AvgIpc) is 3.37. The summed E-state index contributed by atoms with van der Waals surface area (Å²) in [5, 5.41) is 6.65. The maximum atomic E-state index is 13.9. The Morgan fingerprint density at radius 2 is 1.97 bits per heavy atom. The Balaban J connectivity index is 1.62. The fourth-order valence-electron chi connectivity index (χ4n) is 5.84. The highest BCUT2D eigenvalue weighted by Gasteiger charge is 2.42. The van der Waals surface area contributed by atoms with Crippen molar-refractivity contribution >= 4 is 23.1 Å². The van der Waals surface area contributed by atoms with Crippen LogP contribution < -0.4 is 25.0 Å². The second kappa shape index (κ2) is 10.7. The molecule has 1 saturated heterocycles. The SMILES string of the molecule is COc1ccc(C2C3=C(CC(C)(C)CC3=O)Nc3ccccc3N2CC(=O)NCC2CCCO2)c(OC)c1. The zero-order valence-electron chi connectivity index (χ0n) is 22.6. The lowest BCUT2D eigenvalue weighted by atomic mass is 9.73. The molecule has 202 valence electrons. The third-order valence-electron chi connectivity index (χ3n) is 7.60. The molecule has 0 radical (unpaired) electrons. The molecule has 0 saturated carbocycles. The second-order valence-corrected chi connectivity index (χ2v) is 11.1. The van der Waals surface area contributed by atoms with Gasteiger partial charge in [0.1, 0.15) is 11.5 Å². The van der Waals surface area contributed by atoms with E-state index in [4.69, 9.17) is 14.2 Å². The van der Waals surface area contributed by atoms with Gasteiger partial charge in [-0.15, -0.1) is 0 Å². The van der Waals surface area contributed by atoms with E-state index in [2.05, 4.69) is 24.5 Å². The average molecular weight is 520 g/mol. The number of nitrogens with one attached hydrogen (secondary N) is 2. The number of hydrogen-bond acceptors (Lipinski definition) is 7. The summed E-state index contributed by atoms with van der Waals surface area (Å²) in [6.45, 7) is 5.52. The van der Waals surface area contributed by atoms with Gasteiger partial charge in [0.05, 0.1) is 44.3 Å². The van der Waals surface area contributed by atoms with Gasteiger partial charge in [-0.1, -0.05) is 26.0 Å². The molecule has 0 spiro atoms. The van der Waals surface area contributed by atoms with Crippen LogP contribution in [0.1, 0.15) is 51.1 Å². The number of ketones is 1. The first kappa shape index (κ1) is 26.1. The minimum atomic E-state index is -0.529. The maximum Gasteiger partial charge on any atom is 0.239 e. The van der Waals surface area contributed by atoms with Crippen LogP contribution in [-0.4, -0.2) is 51.7 Å². The Bertz CT molecular complexity index is 1250. The smallest absolute Gasteiger partial charge is 0.239 e. The normalized spacial score (nSPS) is 22.2. The van der Waals surface area contributed by atoms with E-state index in [-0.39, 0.29) is 29.8 Å². The summed E-state index contributed by atoms with van der Waals surface area (Å²) in [6.07, 6.45) is 3.16. The number of hydrogen-bond donors (Lipinski definition) is 2. The Morgan fingerprint density at radius 3 is 2.71 bits per heavy atom. The monoisotopic (exact) mass is 519 g/mol. The number of carbonyl (C=O) groups is 2. The predicted octanol–water partition coefficient (Wildman–Crippen LogP) is 4.62. The van der Waals surface area contributed by atoms with Crippen LogP contribution in [0.2, 0.25) is 0 Å². The fraction of sp³-hybridized carbons (Fsp3) is 0.467. The van der Waals surface area contributed by atoms with Crippen LogP contribution in [0, 0.1) is 5.41 Å². The molecule has 5 rings (SSSR count). The predicted molar refractivity (Wildman–Crippen MR) is 147 cm³/mol. The number of fused-ring (bicyclic) bond motifs is 1. The number of nitrogens with zero attached hydrogens (tertiary/aromatic N) is 1. The maximum absolute atomic E-state index is 13.9. The summed E-state index contributed by atoms with van der Waals surface area (Å²) >= 11 is 0. The van der Waals surface area contributed by atoms with Crippen LogP contribution in [0.15, 0.2) is 53.7 Å². The summed E-state index contributed by atoms with van der Waals surface area (Å²) < 4.78 is 17.0. The molecule has 2 unspecified atom stereocenters. The van der Waals surface area contributed by atoms with Gasteiger partial charge < -0.3 is 29.7 Å². The van der Waals surface area contributed by atoms with Gasteiger partial charge in [0.2, 0.25) is 5.91 Å². The molecule has 0 bridgehead atoms. The summed E-state index contributed by atoms with van der Waals surface area (Å²) in [7, 11) is 3.22. The molecule has 2 N–H and O–H groups in total. The highest BCUT2D eigenvalue weighted by Crippen LogP contribution is 2.49. The highest BCUT2D eigenvalue weighted by atomic mass is 16.5. The summed E-state index contributed by atoms with van der Waals surface area (Å²) in [5.74, 6) is 1.21. The van der Waals surface area contributed by atoms with E-state index < -0.39 is 6.04 Å². The molecule has 0 aromatic heterocycles. The molecular formula is C30H37N3O5. The molecule has 2 aliphatic heterocycles. The molecule has 2 aromatic carbocycles. The molecule has 8 nitrogen and oxygen atoms in total. The van der Waals surface area contributed by atoms with Crippen LogP contribution in [0.5, 0.6) is 11.5 Å². The van der Waals surface area contributed by atoms with Crippen LogP contribution in [-0.2, 0) is 14.3 Å². The van der Waals surface area contributed by atoms with E-state index in [9.17, 15) is 9.59 Å². The van der Waals surface area contributed by atoms with E-state index in [1.165, 1.54) is 0 Å². The summed E-state index contributed by atoms with van der Waals surface area (Å²) in [6, 6.07) is 13.0. The van der Waals surface area contributed by atoms with Crippen LogP contribution in [0.4, 0.5) is 11.4 Å². The van der Waals surface area contributed by atoms with Gasteiger partial charge in [-0.3, -0.25) is 9.59 Å². The lowest BCUT2D eigenvalue weighted by Crippen LogP contribution is -2.43. The first-order valence-corrected chi connectivity index (χ1v) is 13.3. The fourth-order valence-corrected chi connectivity index (χ4v) is 5.84. The highest BCUT2D eigenvalue weighted by molar-refractivity contribution is 6.02.